The maximum Gasteiger partial charge on any atom is 0.230 e. The largest absolute Gasteiger partial charge is 0.394 e. The molecule has 0 radical (unpaired) electrons. The highest BCUT2D eigenvalue weighted by Crippen LogP contribution is 2.39. The summed E-state index contributed by atoms with van der Waals surface area (Å²) in [5, 5.41) is 99.8. The van der Waals surface area contributed by atoms with Crippen molar-refractivity contribution < 1.29 is 79.8 Å². The van der Waals surface area contributed by atoms with E-state index >= 15 is 0 Å². The molecule has 13 atom stereocenters. The van der Waals surface area contributed by atoms with Gasteiger partial charge in [0.05, 0.1) is 19.8 Å². The van der Waals surface area contributed by atoms with Crippen LogP contribution in [-0.2, 0) is 28.7 Å². The second-order valence-electron chi connectivity index (χ2n) is 8.69. The fourth-order valence-corrected chi connectivity index (χ4v) is 4.25. The molecule has 3 fully saturated rings. The van der Waals surface area contributed by atoms with E-state index in [0.717, 1.165) is 0 Å². The Bertz CT molecular complexity index is 683. The van der Waals surface area contributed by atoms with E-state index < -0.39 is 105 Å². The van der Waals surface area contributed by atoms with E-state index in [9.17, 15) is 51.1 Å². The molecule has 0 spiro atoms. The Kier molecular flexibility index (Phi) is 9.42. The third kappa shape index (κ3) is 5.21. The molecule has 3 heterocycles. The van der Waals surface area contributed by atoms with Crippen molar-refractivity contribution in [1.82, 2.24) is 0 Å². The van der Waals surface area contributed by atoms with Crippen molar-refractivity contribution in [2.45, 2.75) is 92.2 Å². The molecule has 10 N–H and O–H groups in total. The van der Waals surface area contributed by atoms with Gasteiger partial charge in [-0.25, -0.2) is 4.89 Å². The first-order valence-corrected chi connectivity index (χ1v) is 11.1. The molecule has 0 amide bonds. The predicted octanol–water partition coefficient (Wildman–Crippen LogP) is -6.22. The maximum absolute atomic E-state index is 10.7. The van der Waals surface area contributed by atoms with Gasteiger partial charge < -0.3 is 70.0 Å². The first-order chi connectivity index (χ1) is 16.5. The standard InChI is InChI=1S/C19H34O16/c1-2-18(15(28)11(24)8(4-21)32-18)35-30-6-19(16(29)12(25)9(5-22)33-19)34-17-14(27)13(26)10(23)7(3-20)31-17/h7-17,20-29H,2-6H2,1H3. The summed E-state index contributed by atoms with van der Waals surface area (Å²) in [6, 6.07) is 0. The van der Waals surface area contributed by atoms with E-state index in [0.29, 0.717) is 0 Å². The Labute approximate surface area is 199 Å². The quantitative estimate of drug-likeness (QED) is 0.0952. The molecule has 0 aromatic heterocycles. The van der Waals surface area contributed by atoms with Gasteiger partial charge in [0.1, 0.15) is 67.6 Å². The van der Waals surface area contributed by atoms with Gasteiger partial charge >= 0.3 is 0 Å². The van der Waals surface area contributed by atoms with Crippen LogP contribution in [-0.4, -0.2) is 156 Å². The highest BCUT2D eigenvalue weighted by atomic mass is 17.2. The first-order valence-electron chi connectivity index (χ1n) is 11.1. The van der Waals surface area contributed by atoms with Gasteiger partial charge in [-0.1, -0.05) is 6.92 Å². The van der Waals surface area contributed by atoms with Gasteiger partial charge in [-0.3, -0.25) is 0 Å². The lowest BCUT2D eigenvalue weighted by Gasteiger charge is -2.43. The van der Waals surface area contributed by atoms with Crippen molar-refractivity contribution in [2.75, 3.05) is 26.4 Å². The number of aliphatic hydroxyl groups is 10. The summed E-state index contributed by atoms with van der Waals surface area (Å²) in [7, 11) is 0. The van der Waals surface area contributed by atoms with Crippen LogP contribution in [0.3, 0.4) is 0 Å². The number of ether oxygens (including phenoxy) is 4. The summed E-state index contributed by atoms with van der Waals surface area (Å²) in [6.45, 7) is -1.57. The smallest absolute Gasteiger partial charge is 0.230 e. The molecule has 13 unspecified atom stereocenters. The van der Waals surface area contributed by atoms with Crippen LogP contribution in [0, 0.1) is 0 Å². The number of rotatable bonds is 10. The van der Waals surface area contributed by atoms with Gasteiger partial charge in [0.25, 0.3) is 0 Å². The van der Waals surface area contributed by atoms with Crippen molar-refractivity contribution in [1.29, 1.82) is 0 Å². The molecule has 35 heavy (non-hydrogen) atoms. The third-order valence-electron chi connectivity index (χ3n) is 6.49. The molecule has 16 nitrogen and oxygen atoms in total. The summed E-state index contributed by atoms with van der Waals surface area (Å²) in [4.78, 5) is 10.3. The minimum Gasteiger partial charge on any atom is -0.394 e. The minimum absolute atomic E-state index is 0.0758. The van der Waals surface area contributed by atoms with E-state index in [2.05, 4.69) is 0 Å². The number of aliphatic hydroxyl groups excluding tert-OH is 10. The van der Waals surface area contributed by atoms with Crippen LogP contribution in [0.2, 0.25) is 0 Å². The zero-order valence-corrected chi connectivity index (χ0v) is 18.8. The molecule has 0 saturated carbocycles. The Morgan fingerprint density at radius 3 is 1.66 bits per heavy atom. The Balaban J connectivity index is 1.79. The average molecular weight is 518 g/mol. The maximum atomic E-state index is 10.7. The van der Waals surface area contributed by atoms with Gasteiger partial charge in [0.15, 0.2) is 6.29 Å². The van der Waals surface area contributed by atoms with E-state index in [1.54, 1.807) is 0 Å². The third-order valence-corrected chi connectivity index (χ3v) is 6.49. The Hall–Kier alpha value is -0.640. The van der Waals surface area contributed by atoms with Crippen LogP contribution in [0.25, 0.3) is 0 Å². The lowest BCUT2D eigenvalue weighted by Crippen LogP contribution is -2.63. The molecule has 3 rings (SSSR count). The van der Waals surface area contributed by atoms with Crippen molar-refractivity contribution >= 4 is 0 Å². The topological polar surface area (TPSA) is 258 Å². The van der Waals surface area contributed by atoms with Crippen LogP contribution in [0.4, 0.5) is 0 Å². The van der Waals surface area contributed by atoms with Crippen LogP contribution in [0.1, 0.15) is 13.3 Å². The van der Waals surface area contributed by atoms with Gasteiger partial charge in [0, 0.05) is 6.42 Å². The first kappa shape index (κ1) is 28.9. The number of hydrogen-bond donors (Lipinski definition) is 10. The van der Waals surface area contributed by atoms with E-state index in [1.165, 1.54) is 6.92 Å². The minimum atomic E-state index is -2.41. The van der Waals surface area contributed by atoms with Gasteiger partial charge in [0.2, 0.25) is 11.6 Å². The highest BCUT2D eigenvalue weighted by molar-refractivity contribution is 4.99. The molecular formula is C19H34O16. The lowest BCUT2D eigenvalue weighted by molar-refractivity contribution is -0.470. The monoisotopic (exact) mass is 518 g/mol. The number of hydrogen-bond acceptors (Lipinski definition) is 16. The van der Waals surface area contributed by atoms with Gasteiger partial charge in [-0.05, 0) is 0 Å². The molecule has 0 bridgehead atoms. The molecule has 3 aliphatic rings. The molecule has 0 aliphatic carbocycles. The van der Waals surface area contributed by atoms with Crippen molar-refractivity contribution in [3.8, 4) is 0 Å². The molecule has 16 heteroatoms. The van der Waals surface area contributed by atoms with Crippen LogP contribution in [0.15, 0.2) is 0 Å². The van der Waals surface area contributed by atoms with E-state index in [1.807, 2.05) is 0 Å². The van der Waals surface area contributed by atoms with Crippen LogP contribution in [0.5, 0.6) is 0 Å². The summed E-state index contributed by atoms with van der Waals surface area (Å²) < 4.78 is 21.7. The Morgan fingerprint density at radius 2 is 1.17 bits per heavy atom. The normalized spacial score (nSPS) is 50.7. The summed E-state index contributed by atoms with van der Waals surface area (Å²) >= 11 is 0. The van der Waals surface area contributed by atoms with Gasteiger partial charge in [-0.15, -0.1) is 0 Å². The fourth-order valence-electron chi connectivity index (χ4n) is 4.25. The average Bonchev–Trinajstić information content (AvgIpc) is 3.24. The van der Waals surface area contributed by atoms with Crippen LogP contribution < -0.4 is 0 Å². The zero-order valence-electron chi connectivity index (χ0n) is 18.8. The Morgan fingerprint density at radius 1 is 0.657 bits per heavy atom. The zero-order chi connectivity index (χ0) is 26.1. The molecule has 206 valence electrons. The molecule has 0 aromatic carbocycles. The molecule has 0 aromatic rings. The molecule has 3 aliphatic heterocycles. The SMILES string of the molecule is CCC1(OOCC2(OC3OC(CO)C(O)C(O)C3O)OC(CO)C(O)C2O)OC(CO)C(O)C1O. The summed E-state index contributed by atoms with van der Waals surface area (Å²) in [5.74, 6) is -4.36. The fraction of sp³-hybridized carbons (Fsp3) is 1.00. The summed E-state index contributed by atoms with van der Waals surface area (Å²) in [6.07, 6.45) is -18.1. The van der Waals surface area contributed by atoms with Crippen molar-refractivity contribution in [3.05, 3.63) is 0 Å². The van der Waals surface area contributed by atoms with E-state index in [4.69, 9.17) is 28.7 Å². The second-order valence-corrected chi connectivity index (χ2v) is 8.69. The molecule has 3 saturated heterocycles. The van der Waals surface area contributed by atoms with Crippen molar-refractivity contribution in [2.24, 2.45) is 0 Å². The summed E-state index contributed by atoms with van der Waals surface area (Å²) in [5.41, 5.74) is 0. The highest BCUT2D eigenvalue weighted by Gasteiger charge is 2.60. The van der Waals surface area contributed by atoms with Crippen molar-refractivity contribution in [3.63, 3.8) is 0 Å². The predicted molar refractivity (Wildman–Crippen MR) is 106 cm³/mol. The molecular weight excluding hydrogens is 484 g/mol. The lowest BCUT2D eigenvalue weighted by atomic mass is 9.99. The van der Waals surface area contributed by atoms with Crippen LogP contribution >= 0.6 is 0 Å². The van der Waals surface area contributed by atoms with Gasteiger partial charge in [-0.2, -0.15) is 4.89 Å². The second kappa shape index (κ2) is 11.4. The van der Waals surface area contributed by atoms with E-state index in [-0.39, 0.29) is 6.42 Å².